The molecule has 0 aliphatic rings. The lowest BCUT2D eigenvalue weighted by molar-refractivity contribution is -0.136. The Morgan fingerprint density at radius 1 is 1.32 bits per heavy atom. The summed E-state index contributed by atoms with van der Waals surface area (Å²) < 4.78 is 40.0. The highest BCUT2D eigenvalue weighted by Crippen LogP contribution is 2.42. The van der Waals surface area contributed by atoms with Gasteiger partial charge in [-0.05, 0) is 31.0 Å². The van der Waals surface area contributed by atoms with E-state index in [1.54, 1.807) is 18.2 Å². The van der Waals surface area contributed by atoms with Crippen LogP contribution in [0.1, 0.15) is 26.5 Å². The number of hydrogen-bond acceptors (Lipinski definition) is 4. The number of nitrogen functional groups attached to an aromatic ring is 1. The molecule has 4 nitrogen and oxygen atoms in total. The SMILES string of the molecule is Cc1cc(C(F)(F)F)c2c(N)c(C(=O)NCCc3cccc(Cl)c3Cl)sc2n1. The maximum absolute atomic E-state index is 13.3. The van der Waals surface area contributed by atoms with E-state index in [9.17, 15) is 18.0 Å². The van der Waals surface area contributed by atoms with E-state index < -0.39 is 17.6 Å². The van der Waals surface area contributed by atoms with E-state index in [1.165, 1.54) is 6.92 Å². The summed E-state index contributed by atoms with van der Waals surface area (Å²) in [5.74, 6) is -0.565. The van der Waals surface area contributed by atoms with Gasteiger partial charge in [0, 0.05) is 17.6 Å². The van der Waals surface area contributed by atoms with Gasteiger partial charge in [0.1, 0.15) is 9.71 Å². The monoisotopic (exact) mass is 447 g/mol. The van der Waals surface area contributed by atoms with Crippen molar-refractivity contribution in [3.05, 3.63) is 56.0 Å². The first-order valence-corrected chi connectivity index (χ1v) is 9.64. The number of benzene rings is 1. The Hall–Kier alpha value is -2.03. The number of carbonyl (C=O) groups is 1. The molecule has 1 aromatic carbocycles. The molecule has 2 heterocycles. The van der Waals surface area contributed by atoms with Crippen LogP contribution >= 0.6 is 34.5 Å². The third-order valence-corrected chi connectivity index (χ3v) is 6.01. The standard InChI is InChI=1S/C18H14Cl2F3N3OS/c1-8-7-10(18(21,22)23)12-14(24)15(28-17(12)26-8)16(27)25-6-5-9-3-2-4-11(19)13(9)20/h2-4,7H,5-6,24H2,1H3,(H,25,27). The van der Waals surface area contributed by atoms with Crippen LogP contribution in [-0.4, -0.2) is 17.4 Å². The summed E-state index contributed by atoms with van der Waals surface area (Å²) in [6, 6.07) is 6.09. The summed E-state index contributed by atoms with van der Waals surface area (Å²) in [5, 5.41) is 3.21. The zero-order valence-electron chi connectivity index (χ0n) is 14.5. The first-order valence-electron chi connectivity index (χ1n) is 8.07. The van der Waals surface area contributed by atoms with Crippen molar-refractivity contribution in [3.63, 3.8) is 0 Å². The number of aromatic nitrogens is 1. The molecule has 0 saturated carbocycles. The second kappa shape index (κ2) is 7.77. The number of amides is 1. The molecule has 0 saturated heterocycles. The molecule has 0 bridgehead atoms. The van der Waals surface area contributed by atoms with Crippen molar-refractivity contribution >= 4 is 56.3 Å². The molecule has 28 heavy (non-hydrogen) atoms. The summed E-state index contributed by atoms with van der Waals surface area (Å²) >= 11 is 12.9. The van der Waals surface area contributed by atoms with E-state index in [-0.39, 0.29) is 33.0 Å². The molecule has 0 spiro atoms. The molecular formula is C18H14Cl2F3N3OS. The lowest BCUT2D eigenvalue weighted by atomic mass is 10.1. The summed E-state index contributed by atoms with van der Waals surface area (Å²) in [5.41, 5.74) is 5.71. The van der Waals surface area contributed by atoms with Crippen LogP contribution in [0.4, 0.5) is 18.9 Å². The summed E-state index contributed by atoms with van der Waals surface area (Å²) in [6.07, 6.45) is -4.20. The molecule has 0 radical (unpaired) electrons. The van der Waals surface area contributed by atoms with E-state index in [1.807, 2.05) is 0 Å². The predicted octanol–water partition coefficient (Wildman–Crippen LogP) is 5.49. The van der Waals surface area contributed by atoms with E-state index in [0.29, 0.717) is 16.5 Å². The molecule has 0 unspecified atom stereocenters. The normalized spacial score (nSPS) is 11.8. The molecule has 0 fully saturated rings. The minimum atomic E-state index is -4.60. The van der Waals surface area contributed by atoms with Gasteiger partial charge in [-0.15, -0.1) is 11.3 Å². The second-order valence-electron chi connectivity index (χ2n) is 6.05. The van der Waals surface area contributed by atoms with Gasteiger partial charge in [0.15, 0.2) is 0 Å². The van der Waals surface area contributed by atoms with Crippen LogP contribution in [-0.2, 0) is 12.6 Å². The fraction of sp³-hybridized carbons (Fsp3) is 0.222. The van der Waals surface area contributed by atoms with Gasteiger partial charge in [-0.2, -0.15) is 13.2 Å². The van der Waals surface area contributed by atoms with Gasteiger partial charge in [-0.25, -0.2) is 4.98 Å². The predicted molar refractivity (Wildman–Crippen MR) is 106 cm³/mol. The van der Waals surface area contributed by atoms with E-state index in [2.05, 4.69) is 10.3 Å². The highest BCUT2D eigenvalue weighted by Gasteiger charge is 2.35. The minimum absolute atomic E-state index is 0.00390. The Morgan fingerprint density at radius 2 is 2.04 bits per heavy atom. The molecular weight excluding hydrogens is 434 g/mol. The number of nitrogens with two attached hydrogens (primary N) is 1. The summed E-state index contributed by atoms with van der Waals surface area (Å²) in [4.78, 5) is 16.6. The number of hydrogen-bond donors (Lipinski definition) is 2. The van der Waals surface area contributed by atoms with Crippen LogP contribution in [0.2, 0.25) is 10.0 Å². The number of alkyl halides is 3. The number of thiophene rings is 1. The first kappa shape index (κ1) is 20.7. The number of nitrogens with zero attached hydrogens (tertiary/aromatic N) is 1. The average molecular weight is 448 g/mol. The molecule has 0 aliphatic carbocycles. The van der Waals surface area contributed by atoms with Crippen molar-refractivity contribution in [1.82, 2.24) is 10.3 Å². The molecule has 3 N–H and O–H groups in total. The van der Waals surface area contributed by atoms with Gasteiger partial charge in [0.25, 0.3) is 5.91 Å². The Labute approximate surface area is 172 Å². The van der Waals surface area contributed by atoms with E-state index in [0.717, 1.165) is 23.0 Å². The molecule has 10 heteroatoms. The van der Waals surface area contributed by atoms with Crippen molar-refractivity contribution in [3.8, 4) is 0 Å². The summed E-state index contributed by atoms with van der Waals surface area (Å²) in [7, 11) is 0. The van der Waals surface area contributed by atoms with Crippen molar-refractivity contribution < 1.29 is 18.0 Å². The highest BCUT2D eigenvalue weighted by atomic mass is 35.5. The number of aryl methyl sites for hydroxylation is 1. The van der Waals surface area contributed by atoms with Crippen LogP contribution in [0, 0.1) is 6.92 Å². The fourth-order valence-corrected chi connectivity index (χ4v) is 4.27. The van der Waals surface area contributed by atoms with Gasteiger partial charge >= 0.3 is 6.18 Å². The third kappa shape index (κ3) is 4.04. The maximum atomic E-state index is 13.3. The van der Waals surface area contributed by atoms with Crippen LogP contribution in [0.25, 0.3) is 10.2 Å². The molecule has 148 valence electrons. The molecule has 2 aromatic heterocycles. The van der Waals surface area contributed by atoms with Gasteiger partial charge < -0.3 is 11.1 Å². The van der Waals surface area contributed by atoms with Crippen LogP contribution in [0.5, 0.6) is 0 Å². The van der Waals surface area contributed by atoms with E-state index in [4.69, 9.17) is 28.9 Å². The highest BCUT2D eigenvalue weighted by molar-refractivity contribution is 7.21. The lowest BCUT2D eigenvalue weighted by Gasteiger charge is -2.10. The number of nitrogens with one attached hydrogen (secondary N) is 1. The van der Waals surface area contributed by atoms with Crippen molar-refractivity contribution in [1.29, 1.82) is 0 Å². The first-order chi connectivity index (χ1) is 13.1. The molecule has 0 aliphatic heterocycles. The Bertz CT molecular complexity index is 1070. The Balaban J connectivity index is 1.84. The smallest absolute Gasteiger partial charge is 0.397 e. The maximum Gasteiger partial charge on any atom is 0.417 e. The van der Waals surface area contributed by atoms with Crippen molar-refractivity contribution in [2.24, 2.45) is 0 Å². The largest absolute Gasteiger partial charge is 0.417 e. The number of fused-ring (bicyclic) bond motifs is 1. The Kier molecular flexibility index (Phi) is 5.74. The van der Waals surface area contributed by atoms with Gasteiger partial charge in [-0.3, -0.25) is 4.79 Å². The van der Waals surface area contributed by atoms with E-state index >= 15 is 0 Å². The summed E-state index contributed by atoms with van der Waals surface area (Å²) in [6.45, 7) is 1.67. The minimum Gasteiger partial charge on any atom is -0.397 e. The lowest BCUT2D eigenvalue weighted by Crippen LogP contribution is -2.25. The molecule has 3 rings (SSSR count). The zero-order valence-corrected chi connectivity index (χ0v) is 16.8. The zero-order chi connectivity index (χ0) is 20.6. The fourth-order valence-electron chi connectivity index (χ4n) is 2.77. The van der Waals surface area contributed by atoms with Gasteiger partial charge in [0.2, 0.25) is 0 Å². The number of rotatable bonds is 4. The number of carbonyl (C=O) groups excluding carboxylic acids is 1. The Morgan fingerprint density at radius 3 is 2.71 bits per heavy atom. The quantitative estimate of drug-likeness (QED) is 0.555. The van der Waals surface area contributed by atoms with Crippen molar-refractivity contribution in [2.75, 3.05) is 12.3 Å². The topological polar surface area (TPSA) is 68.0 Å². The van der Waals surface area contributed by atoms with Gasteiger partial charge in [0.05, 0.1) is 21.3 Å². The molecule has 1 amide bonds. The molecule has 0 atom stereocenters. The second-order valence-corrected chi connectivity index (χ2v) is 7.84. The van der Waals surface area contributed by atoms with Crippen LogP contribution < -0.4 is 11.1 Å². The number of pyridine rings is 1. The van der Waals surface area contributed by atoms with Gasteiger partial charge in [-0.1, -0.05) is 35.3 Å². The average Bonchev–Trinajstić information content (AvgIpc) is 2.93. The molecule has 3 aromatic rings. The van der Waals surface area contributed by atoms with Crippen LogP contribution in [0.3, 0.4) is 0 Å². The van der Waals surface area contributed by atoms with Crippen LogP contribution in [0.15, 0.2) is 24.3 Å². The third-order valence-electron chi connectivity index (χ3n) is 4.05. The number of halogens is 5. The number of anilines is 1. The van der Waals surface area contributed by atoms with Crippen molar-refractivity contribution in [2.45, 2.75) is 19.5 Å².